The quantitative estimate of drug-likeness (QED) is 0.815. The summed E-state index contributed by atoms with van der Waals surface area (Å²) in [5.74, 6) is 1.46. The third-order valence-electron chi connectivity index (χ3n) is 5.49. The molecule has 0 spiro atoms. The number of rotatable bonds is 4. The van der Waals surface area contributed by atoms with Crippen molar-refractivity contribution in [2.75, 3.05) is 11.5 Å². The van der Waals surface area contributed by atoms with Gasteiger partial charge in [0, 0.05) is 6.20 Å². The van der Waals surface area contributed by atoms with Gasteiger partial charge in [0.15, 0.2) is 15.7 Å². The first kappa shape index (κ1) is 20.3. The van der Waals surface area contributed by atoms with Gasteiger partial charge in [-0.3, -0.25) is 4.68 Å². The van der Waals surface area contributed by atoms with Crippen molar-refractivity contribution in [1.82, 2.24) is 19.9 Å². The van der Waals surface area contributed by atoms with Crippen LogP contribution in [0.2, 0.25) is 0 Å². The summed E-state index contributed by atoms with van der Waals surface area (Å²) in [5, 5.41) is 8.78. The molecular weight excluding hydrogens is 390 g/mol. The fourth-order valence-electron chi connectivity index (χ4n) is 3.93. The molecule has 1 atom stereocenters. The van der Waals surface area contributed by atoms with E-state index in [9.17, 15) is 8.42 Å². The van der Waals surface area contributed by atoms with Gasteiger partial charge in [-0.2, -0.15) is 10.1 Å². The van der Waals surface area contributed by atoms with Crippen LogP contribution in [-0.4, -0.2) is 39.8 Å². The van der Waals surface area contributed by atoms with Crippen LogP contribution in [0, 0.1) is 0 Å². The van der Waals surface area contributed by atoms with Gasteiger partial charge in [0.1, 0.15) is 0 Å². The number of hydrogen-bond donors (Lipinski definition) is 1. The molecule has 1 aliphatic heterocycles. The molecule has 1 aliphatic carbocycles. The Bertz CT molecular complexity index is 915. The maximum Gasteiger partial charge on any atom is 0.261 e. The van der Waals surface area contributed by atoms with E-state index < -0.39 is 15.4 Å². The molecule has 8 nitrogen and oxygen atoms in total. The molecule has 27 heavy (non-hydrogen) atoms. The number of aromatic nitrogens is 4. The summed E-state index contributed by atoms with van der Waals surface area (Å²) < 4.78 is 30.9. The minimum Gasteiger partial charge on any atom is -0.334 e. The summed E-state index contributed by atoms with van der Waals surface area (Å²) in [7, 11) is -2.98. The Balaban J connectivity index is 0.00000210. The van der Waals surface area contributed by atoms with Crippen molar-refractivity contribution < 1.29 is 12.9 Å². The third kappa shape index (κ3) is 3.77. The van der Waals surface area contributed by atoms with Gasteiger partial charge in [0.2, 0.25) is 0 Å². The lowest BCUT2D eigenvalue weighted by molar-refractivity contribution is 0.372. The second-order valence-corrected chi connectivity index (χ2v) is 10.1. The van der Waals surface area contributed by atoms with Gasteiger partial charge in [-0.25, -0.2) is 8.42 Å². The van der Waals surface area contributed by atoms with E-state index in [0.717, 1.165) is 36.9 Å². The molecule has 0 aromatic carbocycles. The molecule has 150 valence electrons. The first-order valence-electron chi connectivity index (χ1n) is 9.20. The molecule has 0 bridgehead atoms. The Kier molecular flexibility index (Phi) is 5.39. The molecule has 1 saturated heterocycles. The molecule has 2 fully saturated rings. The number of nitrogens with zero attached hydrogens (tertiary/aromatic N) is 4. The molecular formula is C17H26ClN5O3S. The average molecular weight is 416 g/mol. The highest BCUT2D eigenvalue weighted by Gasteiger charge is 2.37. The Morgan fingerprint density at radius 3 is 2.63 bits per heavy atom. The highest BCUT2D eigenvalue weighted by molar-refractivity contribution is 7.91. The van der Waals surface area contributed by atoms with Crippen molar-refractivity contribution in [3.05, 3.63) is 17.7 Å². The van der Waals surface area contributed by atoms with Gasteiger partial charge in [-0.15, -0.1) is 12.4 Å². The van der Waals surface area contributed by atoms with Crippen LogP contribution in [0.3, 0.4) is 0 Å². The summed E-state index contributed by atoms with van der Waals surface area (Å²) in [6.45, 7) is 4.08. The topological polar surface area (TPSA) is 117 Å². The zero-order chi connectivity index (χ0) is 18.5. The highest BCUT2D eigenvalue weighted by Crippen LogP contribution is 2.37. The second kappa shape index (κ2) is 7.18. The summed E-state index contributed by atoms with van der Waals surface area (Å²) in [6.07, 6.45) is 6.31. The predicted octanol–water partition coefficient (Wildman–Crippen LogP) is 2.57. The highest BCUT2D eigenvalue weighted by atomic mass is 35.5. The molecule has 2 aromatic rings. The molecule has 1 unspecified atom stereocenters. The molecule has 0 amide bonds. The fourth-order valence-corrected chi connectivity index (χ4v) is 5.64. The maximum atomic E-state index is 11.8. The van der Waals surface area contributed by atoms with Gasteiger partial charge in [-0.1, -0.05) is 31.8 Å². The molecule has 2 aliphatic rings. The monoisotopic (exact) mass is 415 g/mol. The fraction of sp³-hybridized carbons (Fsp3) is 0.706. The van der Waals surface area contributed by atoms with Crippen LogP contribution in [0.5, 0.6) is 0 Å². The van der Waals surface area contributed by atoms with Crippen molar-refractivity contribution >= 4 is 22.2 Å². The van der Waals surface area contributed by atoms with E-state index in [1.807, 2.05) is 20.0 Å². The number of hydrogen-bond acceptors (Lipinski definition) is 7. The molecule has 0 radical (unpaired) electrons. The maximum absolute atomic E-state index is 11.8. The number of halogens is 1. The standard InChI is InChI=1S/C17H25N5O3S.ClH/c1-11(2)14-13(9-22(20-14)12-5-8-26(23,24)10-12)15-19-16(21-25-15)17(18)6-3-4-7-17;/h9,11-12H,3-8,10,18H2,1-2H3;1H. The van der Waals surface area contributed by atoms with Crippen LogP contribution < -0.4 is 5.73 Å². The SMILES string of the molecule is CC(C)c1nn(C2CCS(=O)(=O)C2)cc1-c1nc(C2(N)CCCC2)no1.Cl. The van der Waals surface area contributed by atoms with Crippen molar-refractivity contribution in [3.63, 3.8) is 0 Å². The molecule has 1 saturated carbocycles. The molecule has 2 N–H and O–H groups in total. The van der Waals surface area contributed by atoms with Crippen LogP contribution in [0.25, 0.3) is 11.5 Å². The third-order valence-corrected chi connectivity index (χ3v) is 7.24. The van der Waals surface area contributed by atoms with Gasteiger partial charge in [0.05, 0.1) is 34.3 Å². The number of nitrogens with two attached hydrogens (primary N) is 1. The molecule has 10 heteroatoms. The van der Waals surface area contributed by atoms with Crippen LogP contribution in [0.4, 0.5) is 0 Å². The average Bonchev–Trinajstić information content (AvgIpc) is 3.30. The smallest absolute Gasteiger partial charge is 0.261 e. The largest absolute Gasteiger partial charge is 0.334 e. The zero-order valence-electron chi connectivity index (χ0n) is 15.6. The van der Waals surface area contributed by atoms with Crippen molar-refractivity contribution in [2.45, 2.75) is 63.5 Å². The molecule has 4 rings (SSSR count). The van der Waals surface area contributed by atoms with E-state index in [-0.39, 0.29) is 35.9 Å². The normalized spacial score (nSPS) is 23.6. The Hall–Kier alpha value is -1.45. The van der Waals surface area contributed by atoms with E-state index in [1.54, 1.807) is 4.68 Å². The van der Waals surface area contributed by atoms with Gasteiger partial charge >= 0.3 is 0 Å². The van der Waals surface area contributed by atoms with Gasteiger partial charge in [0.25, 0.3) is 5.89 Å². The molecule has 3 heterocycles. The van der Waals surface area contributed by atoms with Crippen LogP contribution >= 0.6 is 12.4 Å². The Morgan fingerprint density at radius 2 is 2.04 bits per heavy atom. The van der Waals surface area contributed by atoms with Crippen LogP contribution in [-0.2, 0) is 15.4 Å². The van der Waals surface area contributed by atoms with Crippen molar-refractivity contribution in [1.29, 1.82) is 0 Å². The predicted molar refractivity (Wildman–Crippen MR) is 103 cm³/mol. The lowest BCUT2D eigenvalue weighted by Crippen LogP contribution is -2.34. The zero-order valence-corrected chi connectivity index (χ0v) is 17.2. The Morgan fingerprint density at radius 1 is 1.33 bits per heavy atom. The van der Waals surface area contributed by atoms with Gasteiger partial charge in [-0.05, 0) is 25.2 Å². The van der Waals surface area contributed by atoms with Crippen LogP contribution in [0.1, 0.15) is 69.4 Å². The Labute approximate surface area is 165 Å². The van der Waals surface area contributed by atoms with E-state index >= 15 is 0 Å². The minimum atomic E-state index is -2.98. The van der Waals surface area contributed by atoms with E-state index in [2.05, 4.69) is 15.2 Å². The first-order valence-corrected chi connectivity index (χ1v) is 11.0. The van der Waals surface area contributed by atoms with E-state index in [4.69, 9.17) is 10.3 Å². The van der Waals surface area contributed by atoms with E-state index in [1.165, 1.54) is 0 Å². The van der Waals surface area contributed by atoms with Gasteiger partial charge < -0.3 is 10.3 Å². The minimum absolute atomic E-state index is 0. The summed E-state index contributed by atoms with van der Waals surface area (Å²) in [4.78, 5) is 4.57. The second-order valence-electron chi connectivity index (χ2n) is 7.91. The van der Waals surface area contributed by atoms with Crippen molar-refractivity contribution in [3.8, 4) is 11.5 Å². The van der Waals surface area contributed by atoms with Crippen LogP contribution in [0.15, 0.2) is 10.7 Å². The lowest BCUT2D eigenvalue weighted by atomic mass is 9.98. The van der Waals surface area contributed by atoms with E-state index in [0.29, 0.717) is 18.1 Å². The first-order chi connectivity index (χ1) is 12.3. The summed E-state index contributed by atoms with van der Waals surface area (Å²) >= 11 is 0. The number of sulfone groups is 1. The summed E-state index contributed by atoms with van der Waals surface area (Å²) in [5.41, 5.74) is 7.53. The lowest BCUT2D eigenvalue weighted by Gasteiger charge is -2.17. The van der Waals surface area contributed by atoms with Crippen molar-refractivity contribution in [2.24, 2.45) is 5.73 Å². The summed E-state index contributed by atoms with van der Waals surface area (Å²) in [6, 6.07) is -0.135. The molecule has 2 aromatic heterocycles.